The molecule has 126 heavy (non-hydrogen) atoms. The summed E-state index contributed by atoms with van der Waals surface area (Å²) in [5.74, 6) is 0. The second-order valence-corrected chi connectivity index (χ2v) is 35.5. The Labute approximate surface area is 742 Å². The Balaban J connectivity index is 0.000000145. The summed E-state index contributed by atoms with van der Waals surface area (Å²) < 4.78 is 7.94. The molecular weight excluding hydrogens is 1580 g/mol. The molecule has 0 aliphatic rings. The van der Waals surface area contributed by atoms with Gasteiger partial charge in [-0.1, -0.05) is 364 Å². The zero-order chi connectivity index (χ0) is 83.1. The van der Waals surface area contributed by atoms with Crippen LogP contribution in [0.15, 0.2) is 467 Å². The molecular formula is C120H77N3S3. The van der Waals surface area contributed by atoms with Gasteiger partial charge in [0.05, 0.1) is 17.1 Å². The Morgan fingerprint density at radius 3 is 0.817 bits per heavy atom. The second-order valence-electron chi connectivity index (χ2n) is 32.4. The maximum atomic E-state index is 2.47. The maximum Gasteiger partial charge on any atom is 0.0618 e. The molecule has 3 nitrogen and oxygen atoms in total. The molecule has 0 radical (unpaired) electrons. The molecule has 0 saturated carbocycles. The van der Waals surface area contributed by atoms with Crippen molar-refractivity contribution >= 4 is 210 Å². The first-order valence-corrected chi connectivity index (χ1v) is 45.5. The van der Waals surface area contributed by atoms with Crippen LogP contribution >= 0.6 is 34.0 Å². The summed E-state index contributed by atoms with van der Waals surface area (Å²) in [7, 11) is 0. The fourth-order valence-electron chi connectivity index (χ4n) is 19.5. The summed E-state index contributed by atoms with van der Waals surface area (Å²) in [4.78, 5) is 7.34. The van der Waals surface area contributed by atoms with Crippen LogP contribution in [0.25, 0.3) is 181 Å². The predicted octanol–water partition coefficient (Wildman–Crippen LogP) is 36.1. The van der Waals surface area contributed by atoms with Crippen LogP contribution in [-0.2, 0) is 0 Å². The molecule has 0 N–H and O–H groups in total. The van der Waals surface area contributed by atoms with E-state index in [0.717, 1.165) is 45.5 Å². The average Bonchev–Trinajstić information content (AvgIpc) is 1.28. The smallest absolute Gasteiger partial charge is 0.0618 e. The van der Waals surface area contributed by atoms with E-state index >= 15 is 0 Å². The predicted molar refractivity (Wildman–Crippen MR) is 548 cm³/mol. The molecule has 0 amide bonds. The lowest BCUT2D eigenvalue weighted by Crippen LogP contribution is -2.12. The number of para-hydroxylation sites is 2. The molecule has 0 aliphatic carbocycles. The van der Waals surface area contributed by atoms with Gasteiger partial charge >= 0.3 is 0 Å². The van der Waals surface area contributed by atoms with E-state index in [9.17, 15) is 0 Å². The van der Waals surface area contributed by atoms with E-state index in [1.54, 1.807) is 0 Å². The Morgan fingerprint density at radius 1 is 0.151 bits per heavy atom. The molecule has 3 aromatic heterocycles. The number of thiophene rings is 3. The van der Waals surface area contributed by atoms with Gasteiger partial charge in [-0.2, -0.15) is 0 Å². The van der Waals surface area contributed by atoms with Crippen molar-refractivity contribution in [2.24, 2.45) is 0 Å². The third-order valence-electron chi connectivity index (χ3n) is 25.3. The lowest BCUT2D eigenvalue weighted by Gasteiger charge is -2.30. The summed E-state index contributed by atoms with van der Waals surface area (Å²) in [5.41, 5.74) is 22.4. The van der Waals surface area contributed by atoms with Gasteiger partial charge in [0.15, 0.2) is 0 Å². The lowest BCUT2D eigenvalue weighted by molar-refractivity contribution is 1.30. The van der Waals surface area contributed by atoms with E-state index in [2.05, 4.69) is 482 Å². The molecule has 0 atom stereocenters. The quantitative estimate of drug-likeness (QED) is 0.0794. The third-order valence-corrected chi connectivity index (χ3v) is 28.9. The van der Waals surface area contributed by atoms with E-state index in [1.807, 2.05) is 34.0 Å². The van der Waals surface area contributed by atoms with Gasteiger partial charge in [-0.3, -0.25) is 0 Å². The van der Waals surface area contributed by atoms with Gasteiger partial charge in [0.1, 0.15) is 0 Å². The van der Waals surface area contributed by atoms with Gasteiger partial charge in [-0.25, -0.2) is 0 Å². The molecule has 6 heteroatoms. The van der Waals surface area contributed by atoms with E-state index in [0.29, 0.717) is 0 Å². The fourth-order valence-corrected chi connectivity index (χ4v) is 23.2. The molecule has 0 unspecified atom stereocenters. The number of hydrogen-bond acceptors (Lipinski definition) is 6. The normalized spacial score (nSPS) is 11.7. The SMILES string of the molecule is c1ccc(-c2c3ccccc3c(N(c3ccc(-c4cccc5ccccc45)cc3)c3ccc(-c4cccc5c4sc4ccccc45)cc3)c3ccccc23)cc1.c1ccc(N(c2ccc(-c3cccc4c3sc3ccccc34)cc2)c2cc3c4ccccc4c(N(c4ccccc4)c4ccc(-c5cccc6c5sc5ccccc56)cc4)cc3c3ccccc23)cc1. The van der Waals surface area contributed by atoms with Crippen molar-refractivity contribution in [3.05, 3.63) is 467 Å². The molecule has 0 bridgehead atoms. The minimum atomic E-state index is 1.10. The fraction of sp³-hybridized carbons (Fsp3) is 0. The van der Waals surface area contributed by atoms with Crippen molar-refractivity contribution in [3.8, 4) is 55.6 Å². The van der Waals surface area contributed by atoms with Crippen molar-refractivity contribution in [3.63, 3.8) is 0 Å². The largest absolute Gasteiger partial charge is 0.310 e. The number of anilines is 9. The summed E-state index contributed by atoms with van der Waals surface area (Å²) in [6.07, 6.45) is 0. The molecule has 0 spiro atoms. The van der Waals surface area contributed by atoms with Crippen LogP contribution < -0.4 is 14.7 Å². The molecule has 590 valence electrons. The monoisotopic (exact) mass is 1660 g/mol. The Hall–Kier alpha value is -15.5. The maximum absolute atomic E-state index is 2.47. The minimum absolute atomic E-state index is 1.10. The zero-order valence-corrected chi connectivity index (χ0v) is 71.0. The third kappa shape index (κ3) is 12.8. The Bertz CT molecular complexity index is 8170. The highest BCUT2D eigenvalue weighted by molar-refractivity contribution is 7.27. The first-order chi connectivity index (χ1) is 62.5. The summed E-state index contributed by atoms with van der Waals surface area (Å²) >= 11 is 5.63. The first kappa shape index (κ1) is 74.3. The van der Waals surface area contributed by atoms with Gasteiger partial charge < -0.3 is 14.7 Å². The van der Waals surface area contributed by atoms with Crippen LogP contribution in [0.4, 0.5) is 51.2 Å². The van der Waals surface area contributed by atoms with Crippen molar-refractivity contribution in [1.29, 1.82) is 0 Å². The van der Waals surface area contributed by atoms with Crippen LogP contribution in [0, 0.1) is 0 Å². The minimum Gasteiger partial charge on any atom is -0.310 e. The number of rotatable bonds is 14. The highest BCUT2D eigenvalue weighted by Gasteiger charge is 2.27. The van der Waals surface area contributed by atoms with Gasteiger partial charge in [0.25, 0.3) is 0 Å². The Kier molecular flexibility index (Phi) is 18.5. The van der Waals surface area contributed by atoms with Crippen LogP contribution in [0.5, 0.6) is 0 Å². The number of benzene rings is 22. The van der Waals surface area contributed by atoms with E-state index in [4.69, 9.17) is 0 Å². The lowest BCUT2D eigenvalue weighted by atomic mass is 9.90. The van der Waals surface area contributed by atoms with E-state index < -0.39 is 0 Å². The number of fused-ring (bicyclic) bond motifs is 17. The van der Waals surface area contributed by atoms with Crippen molar-refractivity contribution in [1.82, 2.24) is 0 Å². The van der Waals surface area contributed by atoms with E-state index in [-0.39, 0.29) is 0 Å². The van der Waals surface area contributed by atoms with Crippen molar-refractivity contribution < 1.29 is 0 Å². The van der Waals surface area contributed by atoms with Gasteiger partial charge in [-0.15, -0.1) is 34.0 Å². The number of hydrogen-bond donors (Lipinski definition) is 0. The average molecular weight is 1660 g/mol. The highest BCUT2D eigenvalue weighted by Crippen LogP contribution is 2.53. The van der Waals surface area contributed by atoms with Gasteiger partial charge in [-0.05, 0) is 202 Å². The van der Waals surface area contributed by atoms with Crippen LogP contribution in [0.1, 0.15) is 0 Å². The molecule has 22 aromatic carbocycles. The summed E-state index contributed by atoms with van der Waals surface area (Å²) in [6.45, 7) is 0. The zero-order valence-electron chi connectivity index (χ0n) is 68.5. The molecule has 3 heterocycles. The van der Waals surface area contributed by atoms with Crippen LogP contribution in [0.2, 0.25) is 0 Å². The first-order valence-electron chi connectivity index (χ1n) is 43.0. The highest BCUT2D eigenvalue weighted by atomic mass is 32.1. The van der Waals surface area contributed by atoms with E-state index in [1.165, 1.54) is 186 Å². The summed E-state index contributed by atoms with van der Waals surface area (Å²) in [6, 6.07) is 171. The van der Waals surface area contributed by atoms with Gasteiger partial charge in [0, 0.05) is 116 Å². The Morgan fingerprint density at radius 2 is 0.421 bits per heavy atom. The standard InChI is InChI=1S/C66H42N2S2.C54H35NS/c1-3-17-45(18-4-1)67(47-37-33-43(34-38-47)49-27-15-29-57-55-25-11-13-31-63(55)69-65(49)57)61-41-59-52-22-8-10-24-54(52)62(42-60(59)51-21-7-9-23-53(51)61)68(46-19-5-2-6-20-46)48-39-35-44(36-40-48)50-28-16-30-58-56-26-12-14-32-64(56)70-66(50)58;1-2-15-39(16-3-1)52-46-20-6-8-22-48(46)53(49-23-9-7-21-47(49)52)55(40-32-28-37(29-33-40)43-24-12-17-36-14-4-5-18-42(36)43)41-34-30-38(31-35-41)44-25-13-26-50-45-19-10-11-27-51(45)56-54(44)50/h1-42H;1-35H. The second kappa shape index (κ2) is 31.4. The molecule has 25 rings (SSSR count). The number of nitrogens with zero attached hydrogens (tertiary/aromatic N) is 3. The molecule has 0 saturated heterocycles. The van der Waals surface area contributed by atoms with Crippen molar-refractivity contribution in [2.75, 3.05) is 14.7 Å². The molecule has 0 aliphatic heterocycles. The molecule has 0 fully saturated rings. The van der Waals surface area contributed by atoms with Crippen LogP contribution in [-0.4, -0.2) is 0 Å². The summed E-state index contributed by atoms with van der Waals surface area (Å²) in [5, 5.41) is 22.5. The van der Waals surface area contributed by atoms with Crippen LogP contribution in [0.3, 0.4) is 0 Å². The topological polar surface area (TPSA) is 9.72 Å². The molecule has 25 aromatic rings. The van der Waals surface area contributed by atoms with Gasteiger partial charge in [0.2, 0.25) is 0 Å². The van der Waals surface area contributed by atoms with Crippen molar-refractivity contribution in [2.45, 2.75) is 0 Å².